The molecule has 0 spiro atoms. The van der Waals surface area contributed by atoms with Crippen LogP contribution in [0.2, 0.25) is 0 Å². The molecule has 3 aromatic heterocycles. The van der Waals surface area contributed by atoms with Crippen LogP contribution in [-0.2, 0) is 20.4 Å². The van der Waals surface area contributed by atoms with Gasteiger partial charge in [-0.3, -0.25) is 19.5 Å². The molecule has 0 saturated heterocycles. The van der Waals surface area contributed by atoms with E-state index in [2.05, 4.69) is 25.1 Å². The Balaban J connectivity index is 2.21. The summed E-state index contributed by atoms with van der Waals surface area (Å²) in [5, 5.41) is 13.3. The maximum absolute atomic E-state index is 12.9. The quantitative estimate of drug-likeness (QED) is 0.335. The van der Waals surface area contributed by atoms with Gasteiger partial charge in [-0.15, -0.1) is 10.2 Å². The Kier molecular flexibility index (Phi) is 7.44. The third kappa shape index (κ3) is 4.59. The number of methoxy groups -OCH3 is 3. The van der Waals surface area contributed by atoms with E-state index in [0.717, 1.165) is 5.56 Å². The summed E-state index contributed by atoms with van der Waals surface area (Å²) in [5.41, 5.74) is 0.857. The van der Waals surface area contributed by atoms with Crippen molar-refractivity contribution < 1.29 is 22.6 Å². The number of rotatable bonds is 9. The highest BCUT2D eigenvalue weighted by Gasteiger charge is 2.52. The number of aryl methyl sites for hydroxylation is 2. The summed E-state index contributed by atoms with van der Waals surface area (Å²) in [6.07, 6.45) is 6.28. The van der Waals surface area contributed by atoms with E-state index in [9.17, 15) is 8.42 Å². The molecule has 0 amide bonds. The van der Waals surface area contributed by atoms with Crippen LogP contribution in [0, 0.1) is 13.8 Å². The molecule has 4 rings (SSSR count). The van der Waals surface area contributed by atoms with Crippen LogP contribution in [0.1, 0.15) is 29.7 Å². The van der Waals surface area contributed by atoms with Crippen LogP contribution in [0.4, 0.5) is 0 Å². The van der Waals surface area contributed by atoms with Crippen LogP contribution in [-0.4, -0.2) is 64.7 Å². The lowest BCUT2D eigenvalue weighted by Gasteiger charge is -2.35. The number of para-hydroxylation sites is 1. The molecule has 0 saturated carbocycles. The summed E-state index contributed by atoms with van der Waals surface area (Å²) in [6.45, 7) is 5.08. The molecule has 0 radical (unpaired) electrons. The maximum atomic E-state index is 12.9. The molecule has 200 valence electrons. The van der Waals surface area contributed by atoms with Crippen molar-refractivity contribution in [2.75, 3.05) is 21.3 Å². The molecular formula is C25H29N7O5S. The fraction of sp³-hybridized carbons (Fsp3) is 0.320. The Morgan fingerprint density at radius 3 is 2.18 bits per heavy atom. The van der Waals surface area contributed by atoms with E-state index in [4.69, 9.17) is 19.3 Å². The van der Waals surface area contributed by atoms with Gasteiger partial charge < -0.3 is 14.2 Å². The van der Waals surface area contributed by atoms with Gasteiger partial charge in [-0.2, -0.15) is 0 Å². The highest BCUT2D eigenvalue weighted by molar-refractivity contribution is 7.89. The highest BCUT2D eigenvalue weighted by Crippen LogP contribution is 2.43. The first-order chi connectivity index (χ1) is 18.1. The second-order valence-electron chi connectivity index (χ2n) is 8.66. The van der Waals surface area contributed by atoms with E-state index in [1.165, 1.54) is 40.6 Å². The minimum absolute atomic E-state index is 0.0685. The average Bonchev–Trinajstić information content (AvgIpc) is 3.34. The van der Waals surface area contributed by atoms with Crippen molar-refractivity contribution in [3.8, 4) is 28.6 Å². The van der Waals surface area contributed by atoms with Gasteiger partial charge >= 0.3 is 0 Å². The third-order valence-corrected chi connectivity index (χ3v) is 7.62. The van der Waals surface area contributed by atoms with Gasteiger partial charge in [0.05, 0.1) is 31.8 Å². The molecule has 0 aliphatic carbocycles. The predicted octanol–water partition coefficient (Wildman–Crippen LogP) is 2.32. The number of ether oxygens (including phenoxy) is 3. The predicted molar refractivity (Wildman–Crippen MR) is 140 cm³/mol. The summed E-state index contributed by atoms with van der Waals surface area (Å²) in [7, 11) is 0.161. The molecular weight excluding hydrogens is 510 g/mol. The SMILES string of the molecule is COc1cccc(OC)c1-n1c(-c2cncc(C)c2)nnc1C(OC)(c1cnc(C)cn1)C(C)S(N)(=O)=O. The molecule has 2 unspecified atom stereocenters. The van der Waals surface area contributed by atoms with Crippen molar-refractivity contribution in [2.45, 2.75) is 31.6 Å². The van der Waals surface area contributed by atoms with E-state index in [0.29, 0.717) is 34.3 Å². The average molecular weight is 540 g/mol. The largest absolute Gasteiger partial charge is 0.494 e. The minimum atomic E-state index is -4.22. The van der Waals surface area contributed by atoms with Crippen LogP contribution in [0.15, 0.2) is 49.1 Å². The summed E-state index contributed by atoms with van der Waals surface area (Å²) in [4.78, 5) is 13.1. The first-order valence-electron chi connectivity index (χ1n) is 11.5. The first kappa shape index (κ1) is 27.1. The number of primary sulfonamides is 1. The Morgan fingerprint density at radius 1 is 0.974 bits per heavy atom. The van der Waals surface area contributed by atoms with Crippen molar-refractivity contribution in [3.63, 3.8) is 0 Å². The Morgan fingerprint density at radius 2 is 1.66 bits per heavy atom. The lowest BCUT2D eigenvalue weighted by atomic mass is 9.94. The number of aromatic nitrogens is 6. The van der Waals surface area contributed by atoms with E-state index >= 15 is 0 Å². The number of hydrogen-bond acceptors (Lipinski definition) is 10. The van der Waals surface area contributed by atoms with E-state index in [1.807, 2.05) is 13.0 Å². The van der Waals surface area contributed by atoms with Crippen molar-refractivity contribution in [1.82, 2.24) is 29.7 Å². The number of nitrogens with zero attached hydrogens (tertiary/aromatic N) is 6. The van der Waals surface area contributed by atoms with Crippen LogP contribution < -0.4 is 14.6 Å². The van der Waals surface area contributed by atoms with Crippen LogP contribution in [0.3, 0.4) is 0 Å². The fourth-order valence-corrected chi connectivity index (χ4v) is 5.12. The number of nitrogens with two attached hydrogens (primary N) is 1. The third-order valence-electron chi connectivity index (χ3n) is 6.30. The zero-order valence-corrected chi connectivity index (χ0v) is 22.7. The topological polar surface area (TPSA) is 157 Å². The standard InChI is InChI=1S/C25H29N7O5S/c1-15-10-18(13-27-11-15)23-30-31-24(32(23)22-19(35-4)8-7-9-20(22)36-5)25(37-6,17(3)38(26,33)34)21-14-28-16(2)12-29-21/h7-14,17H,1-6H3,(H2,26,33,34). The molecule has 3 heterocycles. The Labute approximate surface area is 220 Å². The van der Waals surface area contributed by atoms with Gasteiger partial charge in [0.2, 0.25) is 10.0 Å². The summed E-state index contributed by atoms with van der Waals surface area (Å²) in [5.74, 6) is 1.23. The van der Waals surface area contributed by atoms with Gasteiger partial charge in [0.1, 0.15) is 22.4 Å². The minimum Gasteiger partial charge on any atom is -0.494 e. The summed E-state index contributed by atoms with van der Waals surface area (Å²) >= 11 is 0. The van der Waals surface area contributed by atoms with Crippen molar-refractivity contribution in [3.05, 3.63) is 71.8 Å². The zero-order chi connectivity index (χ0) is 27.7. The lowest BCUT2D eigenvalue weighted by molar-refractivity contribution is 0.00854. The second kappa shape index (κ2) is 10.4. The molecule has 0 fully saturated rings. The highest BCUT2D eigenvalue weighted by atomic mass is 32.2. The smallest absolute Gasteiger partial charge is 0.215 e. The van der Waals surface area contributed by atoms with E-state index < -0.39 is 20.9 Å². The summed E-state index contributed by atoms with van der Waals surface area (Å²) in [6, 6.07) is 7.12. The van der Waals surface area contributed by atoms with Crippen LogP contribution in [0.25, 0.3) is 17.1 Å². The molecule has 0 aliphatic rings. The van der Waals surface area contributed by atoms with Gasteiger partial charge in [0.15, 0.2) is 17.2 Å². The molecule has 4 aromatic rings. The molecule has 38 heavy (non-hydrogen) atoms. The zero-order valence-electron chi connectivity index (χ0n) is 21.9. The van der Waals surface area contributed by atoms with Gasteiger partial charge in [-0.1, -0.05) is 6.07 Å². The first-order valence-corrected chi connectivity index (χ1v) is 13.1. The van der Waals surface area contributed by atoms with E-state index in [-0.39, 0.29) is 11.5 Å². The number of sulfonamides is 1. The normalized spacial score (nSPS) is 14.1. The van der Waals surface area contributed by atoms with Crippen LogP contribution in [0.5, 0.6) is 11.5 Å². The Bertz CT molecular complexity index is 1530. The van der Waals surface area contributed by atoms with Crippen molar-refractivity contribution >= 4 is 10.0 Å². The molecule has 0 aliphatic heterocycles. The number of benzene rings is 1. The maximum Gasteiger partial charge on any atom is 0.215 e. The summed E-state index contributed by atoms with van der Waals surface area (Å²) < 4.78 is 44.8. The van der Waals surface area contributed by atoms with Crippen LogP contribution >= 0.6 is 0 Å². The molecule has 2 atom stereocenters. The van der Waals surface area contributed by atoms with Gasteiger partial charge in [0.25, 0.3) is 0 Å². The molecule has 1 aromatic carbocycles. The van der Waals surface area contributed by atoms with E-state index in [1.54, 1.807) is 42.1 Å². The van der Waals surface area contributed by atoms with Gasteiger partial charge in [-0.25, -0.2) is 13.6 Å². The van der Waals surface area contributed by atoms with Gasteiger partial charge in [0, 0.05) is 31.3 Å². The molecule has 12 nitrogen and oxygen atoms in total. The monoisotopic (exact) mass is 539 g/mol. The van der Waals surface area contributed by atoms with Crippen molar-refractivity contribution in [1.29, 1.82) is 0 Å². The molecule has 13 heteroatoms. The molecule has 0 bridgehead atoms. The van der Waals surface area contributed by atoms with Gasteiger partial charge in [-0.05, 0) is 44.5 Å². The fourth-order valence-electron chi connectivity index (χ4n) is 4.33. The number of pyridine rings is 1. The second-order valence-corrected chi connectivity index (χ2v) is 10.5. The number of hydrogen-bond donors (Lipinski definition) is 1. The molecule has 2 N–H and O–H groups in total. The van der Waals surface area contributed by atoms with Crippen molar-refractivity contribution in [2.24, 2.45) is 5.14 Å². The Hall–Kier alpha value is -3.94. The lowest BCUT2D eigenvalue weighted by Crippen LogP contribution is -2.50.